The molecular weight excluding hydrogens is 250 g/mol. The Morgan fingerprint density at radius 3 is 2.75 bits per heavy atom. The van der Waals surface area contributed by atoms with E-state index in [1.807, 2.05) is 17.1 Å². The number of nitrogens with zero attached hydrogens (tertiary/aromatic N) is 4. The molecule has 5 heteroatoms. The fourth-order valence-corrected chi connectivity index (χ4v) is 2.02. The van der Waals surface area contributed by atoms with Gasteiger partial charge < -0.3 is 9.88 Å². The second-order valence-electron chi connectivity index (χ2n) is 5.55. The van der Waals surface area contributed by atoms with Gasteiger partial charge in [0.15, 0.2) is 0 Å². The average Bonchev–Trinajstić information content (AvgIpc) is 3.05. The molecule has 0 aliphatic carbocycles. The zero-order chi connectivity index (χ0) is 14.5. The lowest BCUT2D eigenvalue weighted by Gasteiger charge is -2.10. The van der Waals surface area contributed by atoms with Crippen molar-refractivity contribution in [1.82, 2.24) is 24.6 Å². The summed E-state index contributed by atoms with van der Waals surface area (Å²) in [5.41, 5.74) is 1.08. The minimum atomic E-state index is 0.452. The van der Waals surface area contributed by atoms with Crippen LogP contribution in [0.15, 0.2) is 24.7 Å². The molecule has 0 radical (unpaired) electrons. The van der Waals surface area contributed by atoms with Gasteiger partial charge in [0.25, 0.3) is 0 Å². The number of imidazole rings is 1. The van der Waals surface area contributed by atoms with Gasteiger partial charge in [-0.25, -0.2) is 4.98 Å². The maximum absolute atomic E-state index is 4.64. The summed E-state index contributed by atoms with van der Waals surface area (Å²) in [6, 6.07) is 3.00. The van der Waals surface area contributed by atoms with Gasteiger partial charge in [-0.15, -0.1) is 0 Å². The van der Waals surface area contributed by atoms with Crippen LogP contribution in [0.1, 0.15) is 51.7 Å². The second kappa shape index (κ2) is 6.70. The Labute approximate surface area is 121 Å². The molecule has 0 aliphatic heterocycles. The molecular formula is C15H25N5. The highest BCUT2D eigenvalue weighted by atomic mass is 15.3. The molecule has 2 heterocycles. The van der Waals surface area contributed by atoms with Gasteiger partial charge in [0.2, 0.25) is 0 Å². The Morgan fingerprint density at radius 2 is 2.05 bits per heavy atom. The molecule has 1 atom stereocenters. The van der Waals surface area contributed by atoms with Gasteiger partial charge in [-0.3, -0.25) is 4.68 Å². The summed E-state index contributed by atoms with van der Waals surface area (Å²) in [5, 5.41) is 8.04. The molecule has 0 spiro atoms. The third kappa shape index (κ3) is 3.70. The molecule has 0 saturated carbocycles. The molecule has 0 fully saturated rings. The molecule has 20 heavy (non-hydrogen) atoms. The summed E-state index contributed by atoms with van der Waals surface area (Å²) in [4.78, 5) is 4.41. The smallest absolute Gasteiger partial charge is 0.123 e. The summed E-state index contributed by atoms with van der Waals surface area (Å²) in [5.74, 6) is 1.05. The Bertz CT molecular complexity index is 526. The van der Waals surface area contributed by atoms with Crippen LogP contribution >= 0.6 is 0 Å². The van der Waals surface area contributed by atoms with Crippen LogP contribution in [0.5, 0.6) is 0 Å². The fraction of sp³-hybridized carbons (Fsp3) is 0.600. The zero-order valence-electron chi connectivity index (χ0n) is 12.9. The predicted molar refractivity (Wildman–Crippen MR) is 80.5 cm³/mol. The largest absolute Gasteiger partial charge is 0.328 e. The Morgan fingerprint density at radius 1 is 1.25 bits per heavy atom. The molecule has 1 unspecified atom stereocenters. The van der Waals surface area contributed by atoms with Gasteiger partial charge in [-0.05, 0) is 19.4 Å². The lowest BCUT2D eigenvalue weighted by molar-refractivity contribution is 0.471. The van der Waals surface area contributed by atoms with Crippen LogP contribution in [0.3, 0.4) is 0 Å². The van der Waals surface area contributed by atoms with E-state index in [1.54, 1.807) is 0 Å². The van der Waals surface area contributed by atoms with Crippen molar-refractivity contribution in [1.29, 1.82) is 0 Å². The number of hydrogen-bond acceptors (Lipinski definition) is 3. The van der Waals surface area contributed by atoms with Crippen LogP contribution in [0, 0.1) is 0 Å². The molecule has 0 amide bonds. The highest BCUT2D eigenvalue weighted by molar-refractivity contribution is 5.04. The summed E-state index contributed by atoms with van der Waals surface area (Å²) >= 11 is 0. The van der Waals surface area contributed by atoms with Gasteiger partial charge in [-0.2, -0.15) is 5.10 Å². The summed E-state index contributed by atoms with van der Waals surface area (Å²) < 4.78 is 4.19. The van der Waals surface area contributed by atoms with Crippen LogP contribution in [-0.4, -0.2) is 25.4 Å². The Kier molecular flexibility index (Phi) is 4.95. The lowest BCUT2D eigenvalue weighted by atomic mass is 10.3. The van der Waals surface area contributed by atoms with Crippen molar-refractivity contribution in [2.45, 2.75) is 59.3 Å². The number of hydrogen-bond donors (Lipinski definition) is 1. The number of rotatable bonds is 7. The van der Waals surface area contributed by atoms with E-state index in [9.17, 15) is 0 Å². The van der Waals surface area contributed by atoms with E-state index >= 15 is 0 Å². The van der Waals surface area contributed by atoms with Crippen molar-refractivity contribution in [2.24, 2.45) is 0 Å². The van der Waals surface area contributed by atoms with Gasteiger partial charge in [0.1, 0.15) is 5.82 Å². The third-order valence-corrected chi connectivity index (χ3v) is 3.51. The molecule has 2 rings (SSSR count). The van der Waals surface area contributed by atoms with E-state index in [4.69, 9.17) is 0 Å². The van der Waals surface area contributed by atoms with Crippen LogP contribution < -0.4 is 5.32 Å². The predicted octanol–water partition coefficient (Wildman–Crippen LogP) is 2.60. The summed E-state index contributed by atoms with van der Waals surface area (Å²) in [6.07, 6.45) is 7.02. The quantitative estimate of drug-likeness (QED) is 0.845. The van der Waals surface area contributed by atoms with Gasteiger partial charge in [0, 0.05) is 30.7 Å². The first-order valence-corrected chi connectivity index (χ1v) is 7.37. The monoisotopic (exact) mass is 275 g/mol. The molecule has 0 saturated heterocycles. The fourth-order valence-electron chi connectivity index (χ4n) is 2.02. The molecule has 1 N–H and O–H groups in total. The van der Waals surface area contributed by atoms with Crippen LogP contribution in [0.25, 0.3) is 0 Å². The van der Waals surface area contributed by atoms with Crippen molar-refractivity contribution in [3.63, 3.8) is 0 Å². The normalized spacial score (nSPS) is 13.1. The minimum Gasteiger partial charge on any atom is -0.328 e. The van der Waals surface area contributed by atoms with Crippen molar-refractivity contribution in [2.75, 3.05) is 0 Å². The van der Waals surface area contributed by atoms with Crippen molar-refractivity contribution >= 4 is 0 Å². The maximum Gasteiger partial charge on any atom is 0.123 e. The molecule has 0 bridgehead atoms. The molecule has 2 aromatic heterocycles. The van der Waals surface area contributed by atoms with Gasteiger partial charge >= 0.3 is 0 Å². The maximum atomic E-state index is 4.64. The molecule has 0 aromatic carbocycles. The van der Waals surface area contributed by atoms with Crippen molar-refractivity contribution in [3.05, 3.63) is 36.2 Å². The van der Waals surface area contributed by atoms with E-state index < -0.39 is 0 Å². The van der Waals surface area contributed by atoms with Crippen LogP contribution in [-0.2, 0) is 13.1 Å². The third-order valence-electron chi connectivity index (χ3n) is 3.51. The zero-order valence-corrected chi connectivity index (χ0v) is 12.9. The van der Waals surface area contributed by atoms with Crippen LogP contribution in [0.4, 0.5) is 0 Å². The first-order valence-electron chi connectivity index (χ1n) is 7.37. The van der Waals surface area contributed by atoms with Crippen LogP contribution in [0.2, 0.25) is 0 Å². The van der Waals surface area contributed by atoms with Gasteiger partial charge in [-0.1, -0.05) is 20.8 Å². The number of aromatic nitrogens is 4. The van der Waals surface area contributed by atoms with E-state index in [2.05, 4.69) is 59.9 Å². The van der Waals surface area contributed by atoms with E-state index in [0.29, 0.717) is 12.1 Å². The van der Waals surface area contributed by atoms with Crippen molar-refractivity contribution in [3.8, 4) is 0 Å². The Balaban J connectivity index is 2.03. The summed E-state index contributed by atoms with van der Waals surface area (Å²) in [7, 11) is 0. The molecule has 110 valence electrons. The average molecular weight is 275 g/mol. The van der Waals surface area contributed by atoms with E-state index in [0.717, 1.165) is 31.0 Å². The van der Waals surface area contributed by atoms with Gasteiger partial charge in [0.05, 0.1) is 18.8 Å². The first-order chi connectivity index (χ1) is 9.60. The first kappa shape index (κ1) is 14.8. The summed E-state index contributed by atoms with van der Waals surface area (Å²) in [6.45, 7) is 10.2. The number of nitrogens with one attached hydrogen (secondary N) is 1. The van der Waals surface area contributed by atoms with E-state index in [-0.39, 0.29) is 0 Å². The van der Waals surface area contributed by atoms with E-state index in [1.165, 1.54) is 0 Å². The molecule has 2 aromatic rings. The highest BCUT2D eigenvalue weighted by Gasteiger charge is 2.08. The highest BCUT2D eigenvalue weighted by Crippen LogP contribution is 2.10. The standard InChI is InChI=1S/C15H25N5/c1-5-13(4)20-8-6-14(18-20)11-19-9-7-16-15(19)10-17-12(2)3/h6-9,12-13,17H,5,10-11H2,1-4H3. The van der Waals surface area contributed by atoms with Crippen molar-refractivity contribution < 1.29 is 0 Å². The topological polar surface area (TPSA) is 47.7 Å². The minimum absolute atomic E-state index is 0.452. The second-order valence-corrected chi connectivity index (χ2v) is 5.55. The Hall–Kier alpha value is -1.62. The lowest BCUT2D eigenvalue weighted by Crippen LogP contribution is -2.24. The molecule has 5 nitrogen and oxygen atoms in total. The molecule has 0 aliphatic rings. The SMILES string of the molecule is CCC(C)n1ccc(Cn2ccnc2CNC(C)C)n1.